The van der Waals surface area contributed by atoms with Gasteiger partial charge in [0.25, 0.3) is 0 Å². The summed E-state index contributed by atoms with van der Waals surface area (Å²) in [4.78, 5) is 22.8. The van der Waals surface area contributed by atoms with Gasteiger partial charge in [-0.15, -0.1) is 0 Å². The van der Waals surface area contributed by atoms with Crippen molar-refractivity contribution in [3.63, 3.8) is 0 Å². The van der Waals surface area contributed by atoms with Gasteiger partial charge in [0.05, 0.1) is 0 Å². The van der Waals surface area contributed by atoms with Gasteiger partial charge in [-0.05, 0) is 61.1 Å². The van der Waals surface area contributed by atoms with Gasteiger partial charge in [0.2, 0.25) is 5.88 Å². The summed E-state index contributed by atoms with van der Waals surface area (Å²) in [5.74, 6) is 0.188. The van der Waals surface area contributed by atoms with Crippen molar-refractivity contribution in [1.82, 2.24) is 14.5 Å². The smallest absolute Gasteiger partial charge is 0.352 e. The lowest BCUT2D eigenvalue weighted by molar-refractivity contribution is 0.282. The number of anilines is 1. The summed E-state index contributed by atoms with van der Waals surface area (Å²) in [6, 6.07) is 7.84. The van der Waals surface area contributed by atoms with E-state index in [4.69, 9.17) is 4.74 Å². The van der Waals surface area contributed by atoms with Crippen molar-refractivity contribution in [2.24, 2.45) is 5.92 Å². The second kappa shape index (κ2) is 8.33. The van der Waals surface area contributed by atoms with E-state index in [1.54, 1.807) is 29.0 Å². The topological polar surface area (TPSA) is 60.3 Å². The third-order valence-corrected chi connectivity index (χ3v) is 6.18. The van der Waals surface area contributed by atoms with Crippen LogP contribution in [0.4, 0.5) is 14.6 Å². The van der Waals surface area contributed by atoms with Gasteiger partial charge in [-0.3, -0.25) is 9.55 Å². The molecule has 0 radical (unpaired) electrons. The van der Waals surface area contributed by atoms with Crippen LogP contribution in [0.2, 0.25) is 0 Å². The molecular weight excluding hydrogens is 414 g/mol. The Kier molecular flexibility index (Phi) is 5.36. The number of pyridine rings is 1. The molecule has 2 aromatic heterocycles. The molecule has 0 amide bonds. The number of fused-ring (bicyclic) bond motifs is 4. The Morgan fingerprint density at radius 2 is 1.94 bits per heavy atom. The third-order valence-electron chi connectivity index (χ3n) is 6.18. The van der Waals surface area contributed by atoms with Gasteiger partial charge >= 0.3 is 5.69 Å². The lowest BCUT2D eigenvalue weighted by atomic mass is 9.96. The number of rotatable bonds is 5. The highest BCUT2D eigenvalue weighted by Crippen LogP contribution is 2.30. The van der Waals surface area contributed by atoms with Crippen LogP contribution in [0.3, 0.4) is 0 Å². The minimum Gasteiger partial charge on any atom is -0.473 e. The van der Waals surface area contributed by atoms with E-state index in [1.165, 1.54) is 12.1 Å². The lowest BCUT2D eigenvalue weighted by Gasteiger charge is -2.40. The van der Waals surface area contributed by atoms with Crippen LogP contribution in [0.15, 0.2) is 41.3 Å². The highest BCUT2D eigenvalue weighted by molar-refractivity contribution is 5.44. The van der Waals surface area contributed by atoms with E-state index >= 15 is 0 Å². The molecule has 4 heterocycles. The standard InChI is InChI=1S/C24H24F2N4O2/c1-15-7-16(4-5-27-15)8-19-20(25)9-18(10-21(19)26)14-32-22-11-23-29-6-2-3-17(12-29)13-30(23)24(31)28-22/h4-5,7,9-11,17H,2-3,6,8,12-14H2,1H3. The number of hydrogen-bond acceptors (Lipinski definition) is 5. The number of ether oxygens (including phenoxy) is 1. The molecule has 8 heteroatoms. The largest absolute Gasteiger partial charge is 0.473 e. The molecule has 1 unspecified atom stereocenters. The average Bonchev–Trinajstić information content (AvgIpc) is 2.76. The van der Waals surface area contributed by atoms with Crippen LogP contribution in [0, 0.1) is 24.5 Å². The molecule has 0 aliphatic carbocycles. The number of halogens is 2. The van der Waals surface area contributed by atoms with Gasteiger partial charge in [0, 0.05) is 49.6 Å². The molecule has 166 valence electrons. The summed E-state index contributed by atoms with van der Waals surface area (Å²) in [5.41, 5.74) is 1.57. The van der Waals surface area contributed by atoms with E-state index in [2.05, 4.69) is 14.9 Å². The number of benzene rings is 1. The van der Waals surface area contributed by atoms with Gasteiger partial charge < -0.3 is 9.64 Å². The first-order valence-electron chi connectivity index (χ1n) is 10.8. The first-order valence-corrected chi connectivity index (χ1v) is 10.8. The molecule has 1 fully saturated rings. The molecule has 2 aliphatic heterocycles. The highest BCUT2D eigenvalue weighted by atomic mass is 19.1. The fourth-order valence-corrected chi connectivity index (χ4v) is 4.64. The molecule has 32 heavy (non-hydrogen) atoms. The Morgan fingerprint density at radius 3 is 2.72 bits per heavy atom. The molecule has 1 saturated heterocycles. The zero-order chi connectivity index (χ0) is 22.2. The first-order chi connectivity index (χ1) is 15.5. The van der Waals surface area contributed by atoms with Crippen LogP contribution < -0.4 is 15.3 Å². The summed E-state index contributed by atoms with van der Waals surface area (Å²) < 4.78 is 36.7. The molecule has 3 aromatic rings. The summed E-state index contributed by atoms with van der Waals surface area (Å²) in [7, 11) is 0. The fourth-order valence-electron chi connectivity index (χ4n) is 4.64. The van der Waals surface area contributed by atoms with Crippen molar-refractivity contribution in [2.75, 3.05) is 18.0 Å². The zero-order valence-corrected chi connectivity index (χ0v) is 17.9. The average molecular weight is 438 g/mol. The Hall–Kier alpha value is -3.29. The molecule has 0 N–H and O–H groups in total. The summed E-state index contributed by atoms with van der Waals surface area (Å²) in [6.45, 7) is 4.25. The quantitative estimate of drug-likeness (QED) is 0.609. The number of hydrogen-bond donors (Lipinski definition) is 0. The van der Waals surface area contributed by atoms with Crippen LogP contribution >= 0.6 is 0 Å². The van der Waals surface area contributed by atoms with E-state index in [1.807, 2.05) is 6.92 Å². The number of aromatic nitrogens is 3. The first kappa shape index (κ1) is 20.6. The van der Waals surface area contributed by atoms with Crippen molar-refractivity contribution in [1.29, 1.82) is 0 Å². The normalized spacial score (nSPS) is 17.2. The number of aryl methyl sites for hydroxylation is 1. The molecule has 6 nitrogen and oxygen atoms in total. The molecule has 0 saturated carbocycles. The van der Waals surface area contributed by atoms with Crippen LogP contribution in [-0.2, 0) is 19.6 Å². The predicted octanol–water partition coefficient (Wildman–Crippen LogP) is 3.62. The molecule has 1 aromatic carbocycles. The van der Waals surface area contributed by atoms with E-state index < -0.39 is 11.6 Å². The molecular formula is C24H24F2N4O2. The minimum atomic E-state index is -0.629. The van der Waals surface area contributed by atoms with E-state index in [-0.39, 0.29) is 30.2 Å². The van der Waals surface area contributed by atoms with Crippen LogP contribution in [-0.4, -0.2) is 27.6 Å². The predicted molar refractivity (Wildman–Crippen MR) is 116 cm³/mol. The second-order valence-corrected chi connectivity index (χ2v) is 8.61. The Morgan fingerprint density at radius 1 is 1.12 bits per heavy atom. The minimum absolute atomic E-state index is 0.00385. The van der Waals surface area contributed by atoms with E-state index in [0.717, 1.165) is 43.0 Å². The molecule has 0 spiro atoms. The fraction of sp³-hybridized carbons (Fsp3) is 0.375. The SMILES string of the molecule is Cc1cc(Cc2c(F)cc(COc3cc4n(c(=O)n3)CC3CCCN4C3)cc2F)ccn1. The molecule has 5 rings (SSSR count). The zero-order valence-electron chi connectivity index (χ0n) is 17.9. The Balaban J connectivity index is 1.33. The maximum Gasteiger partial charge on any atom is 0.352 e. The van der Waals surface area contributed by atoms with Gasteiger partial charge in [0.1, 0.15) is 24.1 Å². The van der Waals surface area contributed by atoms with E-state index in [0.29, 0.717) is 18.0 Å². The maximum atomic E-state index is 14.7. The molecule has 1 atom stereocenters. The molecule has 2 aliphatic rings. The van der Waals surface area contributed by atoms with Crippen LogP contribution in [0.1, 0.15) is 35.2 Å². The second-order valence-electron chi connectivity index (χ2n) is 8.61. The van der Waals surface area contributed by atoms with E-state index in [9.17, 15) is 13.6 Å². The van der Waals surface area contributed by atoms with Gasteiger partial charge in [-0.2, -0.15) is 4.98 Å². The van der Waals surface area contributed by atoms with Crippen LogP contribution in [0.25, 0.3) is 0 Å². The van der Waals surface area contributed by atoms with Gasteiger partial charge in [0.15, 0.2) is 0 Å². The summed E-state index contributed by atoms with van der Waals surface area (Å²) in [6.07, 6.45) is 3.98. The van der Waals surface area contributed by atoms with Crippen LogP contribution in [0.5, 0.6) is 5.88 Å². The summed E-state index contributed by atoms with van der Waals surface area (Å²) in [5, 5.41) is 0. The number of piperidine rings is 1. The Bertz CT molecular complexity index is 1200. The van der Waals surface area contributed by atoms with Crippen molar-refractivity contribution < 1.29 is 13.5 Å². The maximum absolute atomic E-state index is 14.7. The van der Waals surface area contributed by atoms with Crippen molar-refractivity contribution >= 4 is 5.82 Å². The summed E-state index contributed by atoms with van der Waals surface area (Å²) >= 11 is 0. The lowest BCUT2D eigenvalue weighted by Crippen LogP contribution is -2.46. The van der Waals surface area contributed by atoms with Crippen molar-refractivity contribution in [3.8, 4) is 5.88 Å². The third kappa shape index (κ3) is 4.09. The molecule has 2 bridgehead atoms. The van der Waals surface area contributed by atoms with Crippen molar-refractivity contribution in [3.05, 3.63) is 81.0 Å². The van der Waals surface area contributed by atoms with Gasteiger partial charge in [-0.1, -0.05) is 0 Å². The van der Waals surface area contributed by atoms with Crippen molar-refractivity contribution in [2.45, 2.75) is 39.3 Å². The monoisotopic (exact) mass is 438 g/mol. The number of nitrogens with zero attached hydrogens (tertiary/aromatic N) is 4. The highest BCUT2D eigenvalue weighted by Gasteiger charge is 2.29. The Labute approximate surface area is 184 Å². The van der Waals surface area contributed by atoms with Gasteiger partial charge in [-0.25, -0.2) is 13.6 Å².